The van der Waals surface area contributed by atoms with Gasteiger partial charge in [0.2, 0.25) is 0 Å². The number of rotatable bonds is 6. The Balaban J connectivity index is 2.98. The second kappa shape index (κ2) is 6.79. The van der Waals surface area contributed by atoms with Gasteiger partial charge in [-0.05, 0) is 18.6 Å². The molecule has 6 nitrogen and oxygen atoms in total. The van der Waals surface area contributed by atoms with E-state index >= 15 is 0 Å². The van der Waals surface area contributed by atoms with Crippen molar-refractivity contribution in [3.8, 4) is 0 Å². The molecule has 1 aromatic carbocycles. The highest BCUT2D eigenvalue weighted by molar-refractivity contribution is 5.98. The molecule has 1 amide bonds. The number of nitrogens with zero attached hydrogens (tertiary/aromatic N) is 1. The van der Waals surface area contributed by atoms with Crippen LogP contribution in [0, 0.1) is 15.9 Å². The van der Waals surface area contributed by atoms with Gasteiger partial charge < -0.3 is 10.1 Å². The molecule has 0 radical (unpaired) electrons. The summed E-state index contributed by atoms with van der Waals surface area (Å²) in [6.07, 6.45) is 0.600. The van der Waals surface area contributed by atoms with Crippen LogP contribution in [0.25, 0.3) is 0 Å². The molecule has 1 N–H and O–H groups in total. The van der Waals surface area contributed by atoms with Crippen molar-refractivity contribution < 1.29 is 18.8 Å². The number of amides is 1. The Morgan fingerprint density at radius 1 is 1.58 bits per heavy atom. The lowest BCUT2D eigenvalue weighted by atomic mass is 10.1. The monoisotopic (exact) mass is 270 g/mol. The van der Waals surface area contributed by atoms with Crippen molar-refractivity contribution in [1.29, 1.82) is 0 Å². The van der Waals surface area contributed by atoms with Crippen LogP contribution in [0.5, 0.6) is 0 Å². The third kappa shape index (κ3) is 3.99. The Bertz CT molecular complexity index is 479. The number of ether oxygens (including phenoxy) is 1. The number of carbonyl (C=O) groups is 1. The first-order valence-corrected chi connectivity index (χ1v) is 5.73. The van der Waals surface area contributed by atoms with Crippen LogP contribution in [0.2, 0.25) is 0 Å². The van der Waals surface area contributed by atoms with Crippen LogP contribution in [0.3, 0.4) is 0 Å². The smallest absolute Gasteiger partial charge is 0.282 e. The predicted molar refractivity (Wildman–Crippen MR) is 66.5 cm³/mol. The molecule has 1 unspecified atom stereocenters. The fraction of sp³-hybridized carbons (Fsp3) is 0.417. The molecule has 0 saturated heterocycles. The van der Waals surface area contributed by atoms with Gasteiger partial charge in [-0.2, -0.15) is 0 Å². The lowest BCUT2D eigenvalue weighted by Crippen LogP contribution is -2.37. The second-order valence-corrected chi connectivity index (χ2v) is 3.95. The van der Waals surface area contributed by atoms with Gasteiger partial charge in [-0.1, -0.05) is 6.92 Å². The van der Waals surface area contributed by atoms with Gasteiger partial charge in [0.15, 0.2) is 0 Å². The van der Waals surface area contributed by atoms with E-state index in [2.05, 4.69) is 5.32 Å². The SMILES string of the molecule is CCC(COC)NC(=O)c1cc(F)ccc1[N+](=O)[O-]. The van der Waals surface area contributed by atoms with E-state index in [0.717, 1.165) is 18.2 Å². The zero-order chi connectivity index (χ0) is 14.4. The molecule has 0 spiro atoms. The van der Waals surface area contributed by atoms with Crippen LogP contribution >= 0.6 is 0 Å². The highest BCUT2D eigenvalue weighted by Gasteiger charge is 2.22. The van der Waals surface area contributed by atoms with E-state index in [0.29, 0.717) is 6.42 Å². The number of nitro groups is 1. The van der Waals surface area contributed by atoms with E-state index in [4.69, 9.17) is 4.74 Å². The number of nitro benzene ring substituents is 1. The van der Waals surface area contributed by atoms with Crippen molar-refractivity contribution in [3.05, 3.63) is 39.7 Å². The molecule has 0 fully saturated rings. The number of carbonyl (C=O) groups excluding carboxylic acids is 1. The molecule has 104 valence electrons. The molecule has 19 heavy (non-hydrogen) atoms. The molecule has 1 aromatic rings. The molecule has 7 heteroatoms. The van der Waals surface area contributed by atoms with Gasteiger partial charge in [0.05, 0.1) is 17.6 Å². The van der Waals surface area contributed by atoms with Crippen molar-refractivity contribution in [2.75, 3.05) is 13.7 Å². The van der Waals surface area contributed by atoms with Gasteiger partial charge >= 0.3 is 0 Å². The van der Waals surface area contributed by atoms with Crippen molar-refractivity contribution in [2.45, 2.75) is 19.4 Å². The van der Waals surface area contributed by atoms with Gasteiger partial charge in [0.25, 0.3) is 11.6 Å². The summed E-state index contributed by atoms with van der Waals surface area (Å²) in [7, 11) is 1.49. The topological polar surface area (TPSA) is 81.5 Å². The Labute approximate surface area is 109 Å². The molecular formula is C12H15FN2O4. The van der Waals surface area contributed by atoms with Crippen molar-refractivity contribution in [1.82, 2.24) is 5.32 Å². The molecule has 0 heterocycles. The summed E-state index contributed by atoms with van der Waals surface area (Å²) in [6, 6.07) is 2.50. The number of hydrogen-bond acceptors (Lipinski definition) is 4. The number of halogens is 1. The van der Waals surface area contributed by atoms with Crippen LogP contribution in [-0.2, 0) is 4.74 Å². The number of benzene rings is 1. The van der Waals surface area contributed by atoms with Crippen LogP contribution in [-0.4, -0.2) is 30.6 Å². The van der Waals surface area contributed by atoms with Crippen LogP contribution < -0.4 is 5.32 Å². The maximum atomic E-state index is 13.1. The van der Waals surface area contributed by atoms with Crippen LogP contribution in [0.15, 0.2) is 18.2 Å². The maximum Gasteiger partial charge on any atom is 0.282 e. The van der Waals surface area contributed by atoms with Crippen LogP contribution in [0.4, 0.5) is 10.1 Å². The first-order valence-electron chi connectivity index (χ1n) is 5.73. The third-order valence-electron chi connectivity index (χ3n) is 2.60. The van der Waals surface area contributed by atoms with E-state index in [1.807, 2.05) is 6.92 Å². The quantitative estimate of drug-likeness (QED) is 0.632. The summed E-state index contributed by atoms with van der Waals surface area (Å²) in [5.41, 5.74) is -0.717. The number of nitrogens with one attached hydrogen (secondary N) is 1. The standard InChI is InChI=1S/C12H15FN2O4/c1-3-9(7-19-2)14-12(16)10-6-8(13)4-5-11(10)15(17)18/h4-6,9H,3,7H2,1-2H3,(H,14,16). The van der Waals surface area contributed by atoms with Gasteiger partial charge in [0, 0.05) is 13.2 Å². The largest absolute Gasteiger partial charge is 0.383 e. The minimum absolute atomic E-state index is 0.277. The minimum Gasteiger partial charge on any atom is -0.383 e. The maximum absolute atomic E-state index is 13.1. The van der Waals surface area contributed by atoms with Crippen molar-refractivity contribution in [3.63, 3.8) is 0 Å². The third-order valence-corrected chi connectivity index (χ3v) is 2.60. The Hall–Kier alpha value is -2.02. The second-order valence-electron chi connectivity index (χ2n) is 3.95. The highest BCUT2D eigenvalue weighted by atomic mass is 19.1. The van der Waals surface area contributed by atoms with Crippen molar-refractivity contribution in [2.24, 2.45) is 0 Å². The molecule has 1 atom stereocenters. The fourth-order valence-electron chi connectivity index (χ4n) is 1.58. The lowest BCUT2D eigenvalue weighted by Gasteiger charge is -2.15. The van der Waals surface area contributed by atoms with Gasteiger partial charge in [-0.3, -0.25) is 14.9 Å². The fourth-order valence-corrected chi connectivity index (χ4v) is 1.58. The molecule has 0 aliphatic heterocycles. The first-order chi connectivity index (χ1) is 8.99. The van der Waals surface area contributed by atoms with E-state index < -0.39 is 22.3 Å². The Morgan fingerprint density at radius 3 is 2.79 bits per heavy atom. The van der Waals surface area contributed by atoms with Crippen molar-refractivity contribution >= 4 is 11.6 Å². The number of methoxy groups -OCH3 is 1. The Morgan fingerprint density at radius 2 is 2.26 bits per heavy atom. The minimum atomic E-state index is -0.717. The zero-order valence-electron chi connectivity index (χ0n) is 10.7. The van der Waals surface area contributed by atoms with Gasteiger partial charge in [-0.25, -0.2) is 4.39 Å². The first kappa shape index (κ1) is 15.0. The van der Waals surface area contributed by atoms with Gasteiger partial charge in [0.1, 0.15) is 11.4 Å². The molecule has 0 aliphatic carbocycles. The Kier molecular flexibility index (Phi) is 5.37. The zero-order valence-corrected chi connectivity index (χ0v) is 10.7. The van der Waals surface area contributed by atoms with E-state index in [9.17, 15) is 19.3 Å². The normalized spacial score (nSPS) is 11.9. The summed E-state index contributed by atoms with van der Waals surface area (Å²) in [5, 5.41) is 13.4. The molecular weight excluding hydrogens is 255 g/mol. The lowest BCUT2D eigenvalue weighted by molar-refractivity contribution is -0.385. The van der Waals surface area contributed by atoms with E-state index in [1.165, 1.54) is 7.11 Å². The average molecular weight is 270 g/mol. The molecule has 1 rings (SSSR count). The molecule has 0 saturated carbocycles. The summed E-state index contributed by atoms with van der Waals surface area (Å²) < 4.78 is 18.0. The molecule has 0 aromatic heterocycles. The summed E-state index contributed by atoms with van der Waals surface area (Å²) in [5.74, 6) is -1.38. The molecule has 0 aliphatic rings. The number of hydrogen-bond donors (Lipinski definition) is 1. The molecule has 0 bridgehead atoms. The summed E-state index contributed by atoms with van der Waals surface area (Å²) in [4.78, 5) is 22.0. The van der Waals surface area contributed by atoms with E-state index in [1.54, 1.807) is 0 Å². The van der Waals surface area contributed by atoms with Crippen LogP contribution in [0.1, 0.15) is 23.7 Å². The predicted octanol–water partition coefficient (Wildman–Crippen LogP) is 1.89. The van der Waals surface area contributed by atoms with E-state index in [-0.39, 0.29) is 18.2 Å². The summed E-state index contributed by atoms with van der Waals surface area (Å²) >= 11 is 0. The van der Waals surface area contributed by atoms with Gasteiger partial charge in [-0.15, -0.1) is 0 Å². The average Bonchev–Trinajstić information content (AvgIpc) is 2.37. The highest BCUT2D eigenvalue weighted by Crippen LogP contribution is 2.19. The summed E-state index contributed by atoms with van der Waals surface area (Å²) in [6.45, 7) is 2.12.